The quantitative estimate of drug-likeness (QED) is 0.657. The largest absolute Gasteiger partial charge is 0.481 e. The molecule has 140 valence electrons. The van der Waals surface area contributed by atoms with Crippen LogP contribution in [0.25, 0.3) is 0 Å². The summed E-state index contributed by atoms with van der Waals surface area (Å²) >= 11 is 0. The molecule has 0 aliphatic carbocycles. The average molecular weight is 352 g/mol. The molecule has 0 aromatic rings. The van der Waals surface area contributed by atoms with Gasteiger partial charge in [0, 0.05) is 19.6 Å². The first-order valence-electron chi connectivity index (χ1n) is 8.45. The maximum Gasteiger partial charge on any atom is 0.394 e. The van der Waals surface area contributed by atoms with Crippen LogP contribution in [0.3, 0.4) is 0 Å². The lowest BCUT2D eigenvalue weighted by Crippen LogP contribution is -2.40. The van der Waals surface area contributed by atoms with Crippen molar-refractivity contribution in [2.24, 2.45) is 17.8 Å². The van der Waals surface area contributed by atoms with Gasteiger partial charge in [-0.25, -0.2) is 4.79 Å². The first-order chi connectivity index (χ1) is 11.1. The summed E-state index contributed by atoms with van der Waals surface area (Å²) in [6, 6.07) is -0.616. The van der Waals surface area contributed by atoms with Crippen molar-refractivity contribution in [1.82, 2.24) is 10.2 Å². The van der Waals surface area contributed by atoms with E-state index in [1.54, 1.807) is 0 Å². The second kappa shape index (κ2) is 9.13. The maximum absolute atomic E-state index is 12.9. The number of aliphatic carboxylic acids is 1. The molecule has 0 bridgehead atoms. The Morgan fingerprint density at radius 3 is 2.29 bits per heavy atom. The Kier molecular flexibility index (Phi) is 7.83. The molecule has 1 rings (SSSR count). The number of urea groups is 1. The Bertz CT molecular complexity index is 427. The van der Waals surface area contributed by atoms with Crippen molar-refractivity contribution in [2.75, 3.05) is 19.6 Å². The Hall–Kier alpha value is -1.47. The SMILES string of the molecule is CC(C)CCCCCCNC(=O)N1C[C@@H](C(F)(F)F)[C@H](C(=O)O)C1. The van der Waals surface area contributed by atoms with E-state index in [1.807, 2.05) is 0 Å². The van der Waals surface area contributed by atoms with E-state index in [1.165, 1.54) is 0 Å². The van der Waals surface area contributed by atoms with Crippen LogP contribution in [0.2, 0.25) is 0 Å². The molecule has 1 aliphatic heterocycles. The highest BCUT2D eigenvalue weighted by atomic mass is 19.4. The average Bonchev–Trinajstić information content (AvgIpc) is 2.91. The van der Waals surface area contributed by atoms with Crippen molar-refractivity contribution >= 4 is 12.0 Å². The van der Waals surface area contributed by atoms with Crippen LogP contribution in [0.15, 0.2) is 0 Å². The molecule has 0 aromatic heterocycles. The van der Waals surface area contributed by atoms with Gasteiger partial charge >= 0.3 is 18.2 Å². The molecule has 5 nitrogen and oxygen atoms in total. The summed E-state index contributed by atoms with van der Waals surface area (Å²) in [5, 5.41) is 11.5. The number of rotatable bonds is 8. The van der Waals surface area contributed by atoms with Gasteiger partial charge in [-0.2, -0.15) is 13.2 Å². The van der Waals surface area contributed by atoms with Crippen molar-refractivity contribution < 1.29 is 27.9 Å². The number of carboxylic acids is 1. The monoisotopic (exact) mass is 352 g/mol. The standard InChI is InChI=1S/C16H27F3N2O3/c1-11(2)7-5-3-4-6-8-20-15(24)21-9-12(14(22)23)13(10-21)16(17,18)19/h11-13H,3-10H2,1-2H3,(H,20,24)(H,22,23)/t12-,13-/m1/s1. The summed E-state index contributed by atoms with van der Waals surface area (Å²) in [6.07, 6.45) is 0.461. The van der Waals surface area contributed by atoms with E-state index in [0.717, 1.165) is 37.0 Å². The third-order valence-corrected chi connectivity index (χ3v) is 4.33. The van der Waals surface area contributed by atoms with Gasteiger partial charge in [0.1, 0.15) is 0 Å². The van der Waals surface area contributed by atoms with E-state index in [4.69, 9.17) is 5.11 Å². The molecule has 0 aromatic carbocycles. The molecule has 1 fully saturated rings. The van der Waals surface area contributed by atoms with E-state index >= 15 is 0 Å². The van der Waals surface area contributed by atoms with Crippen molar-refractivity contribution in [3.05, 3.63) is 0 Å². The number of nitrogens with zero attached hydrogens (tertiary/aromatic N) is 1. The Morgan fingerprint density at radius 2 is 1.79 bits per heavy atom. The fourth-order valence-corrected chi connectivity index (χ4v) is 2.89. The van der Waals surface area contributed by atoms with Crippen LogP contribution in [0, 0.1) is 17.8 Å². The molecule has 1 heterocycles. The number of likely N-dealkylation sites (tertiary alicyclic amines) is 1. The van der Waals surface area contributed by atoms with Crippen molar-refractivity contribution in [3.63, 3.8) is 0 Å². The summed E-state index contributed by atoms with van der Waals surface area (Å²) in [6.45, 7) is 3.72. The van der Waals surface area contributed by atoms with Gasteiger partial charge in [0.25, 0.3) is 0 Å². The molecule has 0 radical (unpaired) electrons. The fraction of sp³-hybridized carbons (Fsp3) is 0.875. The van der Waals surface area contributed by atoms with E-state index in [0.29, 0.717) is 12.5 Å². The molecule has 2 N–H and O–H groups in total. The Balaban J connectivity index is 2.32. The smallest absolute Gasteiger partial charge is 0.394 e. The first-order valence-corrected chi connectivity index (χ1v) is 8.45. The minimum atomic E-state index is -4.62. The molecule has 24 heavy (non-hydrogen) atoms. The Morgan fingerprint density at radius 1 is 1.17 bits per heavy atom. The molecular weight excluding hydrogens is 325 g/mol. The normalized spacial score (nSPS) is 21.3. The van der Waals surface area contributed by atoms with Gasteiger partial charge in [-0.15, -0.1) is 0 Å². The van der Waals surface area contributed by atoms with Crippen LogP contribution in [-0.4, -0.2) is 47.8 Å². The zero-order chi connectivity index (χ0) is 18.3. The van der Waals surface area contributed by atoms with Crippen LogP contribution in [-0.2, 0) is 4.79 Å². The number of hydrogen-bond donors (Lipinski definition) is 2. The molecule has 0 unspecified atom stereocenters. The lowest BCUT2D eigenvalue weighted by molar-refractivity contribution is -0.187. The van der Waals surface area contributed by atoms with E-state index < -0.39 is 43.1 Å². The second-order valence-corrected chi connectivity index (χ2v) is 6.83. The van der Waals surface area contributed by atoms with Gasteiger partial charge in [-0.05, 0) is 12.3 Å². The molecule has 0 saturated carbocycles. The third-order valence-electron chi connectivity index (χ3n) is 4.33. The van der Waals surface area contributed by atoms with Gasteiger partial charge < -0.3 is 15.3 Å². The number of amides is 2. The summed E-state index contributed by atoms with van der Waals surface area (Å²) < 4.78 is 38.6. The summed E-state index contributed by atoms with van der Waals surface area (Å²) in [5.41, 5.74) is 0. The van der Waals surface area contributed by atoms with E-state index in [9.17, 15) is 22.8 Å². The molecular formula is C16H27F3N2O3. The molecule has 0 spiro atoms. The lowest BCUT2D eigenvalue weighted by atomic mass is 9.96. The van der Waals surface area contributed by atoms with Crippen molar-refractivity contribution in [3.8, 4) is 0 Å². The van der Waals surface area contributed by atoms with Gasteiger partial charge in [-0.1, -0.05) is 39.5 Å². The number of unbranched alkanes of at least 4 members (excludes halogenated alkanes) is 3. The van der Waals surface area contributed by atoms with Crippen molar-refractivity contribution in [1.29, 1.82) is 0 Å². The number of hydrogen-bond acceptors (Lipinski definition) is 2. The lowest BCUT2D eigenvalue weighted by Gasteiger charge is -2.18. The fourth-order valence-electron chi connectivity index (χ4n) is 2.89. The molecule has 2 amide bonds. The number of alkyl halides is 3. The predicted octanol–water partition coefficient (Wildman–Crippen LogP) is 3.50. The molecule has 2 atom stereocenters. The number of carboxylic acid groups (broad SMARTS) is 1. The minimum Gasteiger partial charge on any atom is -0.481 e. The van der Waals surface area contributed by atoms with Gasteiger partial charge in [0.15, 0.2) is 0 Å². The second-order valence-electron chi connectivity index (χ2n) is 6.83. The number of halogens is 3. The van der Waals surface area contributed by atoms with Crippen LogP contribution >= 0.6 is 0 Å². The highest BCUT2D eigenvalue weighted by molar-refractivity contribution is 5.77. The summed E-state index contributed by atoms with van der Waals surface area (Å²) in [7, 11) is 0. The number of carbonyl (C=O) groups excluding carboxylic acids is 1. The van der Waals surface area contributed by atoms with E-state index in [2.05, 4.69) is 19.2 Å². The first kappa shape index (κ1) is 20.6. The highest BCUT2D eigenvalue weighted by Crippen LogP contribution is 2.37. The number of nitrogens with one attached hydrogen (secondary N) is 1. The summed E-state index contributed by atoms with van der Waals surface area (Å²) in [4.78, 5) is 23.8. The minimum absolute atomic E-state index is 0.394. The van der Waals surface area contributed by atoms with Crippen LogP contribution in [0.5, 0.6) is 0 Å². The number of carbonyl (C=O) groups is 2. The van der Waals surface area contributed by atoms with Gasteiger partial charge in [0.05, 0.1) is 11.8 Å². The molecule has 1 saturated heterocycles. The zero-order valence-corrected chi connectivity index (χ0v) is 14.2. The summed E-state index contributed by atoms with van der Waals surface area (Å²) in [5.74, 6) is -4.44. The van der Waals surface area contributed by atoms with Crippen molar-refractivity contribution in [2.45, 2.75) is 52.1 Å². The Labute approximate surface area is 140 Å². The van der Waals surface area contributed by atoms with E-state index in [-0.39, 0.29) is 0 Å². The predicted molar refractivity (Wildman–Crippen MR) is 83.6 cm³/mol. The van der Waals surface area contributed by atoms with Crippen LogP contribution in [0.4, 0.5) is 18.0 Å². The van der Waals surface area contributed by atoms with Crippen LogP contribution < -0.4 is 5.32 Å². The topological polar surface area (TPSA) is 69.6 Å². The van der Waals surface area contributed by atoms with Crippen LogP contribution in [0.1, 0.15) is 46.0 Å². The maximum atomic E-state index is 12.9. The zero-order valence-electron chi connectivity index (χ0n) is 14.2. The molecule has 1 aliphatic rings. The molecule has 8 heteroatoms. The third kappa shape index (κ3) is 6.57. The van der Waals surface area contributed by atoms with Gasteiger partial charge in [0.2, 0.25) is 0 Å². The highest BCUT2D eigenvalue weighted by Gasteiger charge is 2.53. The van der Waals surface area contributed by atoms with Gasteiger partial charge in [-0.3, -0.25) is 4.79 Å².